The second kappa shape index (κ2) is 8.90. The van der Waals surface area contributed by atoms with E-state index >= 15 is 0 Å². The zero-order valence-electron chi connectivity index (χ0n) is 17.4. The van der Waals surface area contributed by atoms with Crippen molar-refractivity contribution in [2.45, 2.75) is 39.8 Å². The van der Waals surface area contributed by atoms with Crippen LogP contribution in [0.2, 0.25) is 0 Å². The van der Waals surface area contributed by atoms with Gasteiger partial charge in [-0.2, -0.15) is 0 Å². The first-order valence-electron chi connectivity index (χ1n) is 9.86. The minimum absolute atomic E-state index is 0.133. The molecule has 0 radical (unpaired) electrons. The SMILES string of the molecule is CC(C)(C)C(NC(=O)CCc1ccccc1)Nc1c(Nc2cccnc2)c(=O)c1=O. The fraction of sp³-hybridized carbons (Fsp3) is 0.304. The van der Waals surface area contributed by atoms with E-state index in [9.17, 15) is 14.4 Å². The van der Waals surface area contributed by atoms with Crippen LogP contribution in [0.15, 0.2) is 64.4 Å². The Bertz CT molecular complexity index is 1070. The quantitative estimate of drug-likeness (QED) is 0.393. The van der Waals surface area contributed by atoms with E-state index < -0.39 is 22.4 Å². The first-order valence-corrected chi connectivity index (χ1v) is 9.86. The average molecular weight is 406 g/mol. The maximum Gasteiger partial charge on any atom is 0.253 e. The van der Waals surface area contributed by atoms with Gasteiger partial charge in [0.05, 0.1) is 11.9 Å². The first kappa shape index (κ1) is 21.2. The highest BCUT2D eigenvalue weighted by atomic mass is 16.2. The molecule has 30 heavy (non-hydrogen) atoms. The number of pyridine rings is 1. The number of hydrogen-bond donors (Lipinski definition) is 3. The molecule has 0 aliphatic carbocycles. The Balaban J connectivity index is 1.70. The molecular formula is C23H26N4O3. The van der Waals surface area contributed by atoms with Crippen molar-refractivity contribution in [1.29, 1.82) is 0 Å². The summed E-state index contributed by atoms with van der Waals surface area (Å²) in [5.41, 5.74) is 0.449. The molecule has 1 aromatic heterocycles. The predicted molar refractivity (Wildman–Crippen MR) is 119 cm³/mol. The molecule has 0 spiro atoms. The van der Waals surface area contributed by atoms with Crippen LogP contribution in [0, 0.1) is 5.41 Å². The smallest absolute Gasteiger partial charge is 0.253 e. The third-order valence-electron chi connectivity index (χ3n) is 4.78. The largest absolute Gasteiger partial charge is 0.360 e. The molecule has 1 atom stereocenters. The van der Waals surface area contributed by atoms with Crippen LogP contribution >= 0.6 is 0 Å². The van der Waals surface area contributed by atoms with Crippen LogP contribution in [0.25, 0.3) is 0 Å². The van der Waals surface area contributed by atoms with Gasteiger partial charge >= 0.3 is 0 Å². The fourth-order valence-electron chi connectivity index (χ4n) is 2.98. The Morgan fingerprint density at radius 1 is 1.00 bits per heavy atom. The zero-order chi connectivity index (χ0) is 21.7. The van der Waals surface area contributed by atoms with Gasteiger partial charge in [-0.1, -0.05) is 51.1 Å². The van der Waals surface area contributed by atoms with Crippen molar-refractivity contribution in [2.24, 2.45) is 5.41 Å². The molecule has 0 saturated heterocycles. The van der Waals surface area contributed by atoms with Crippen molar-refractivity contribution in [3.05, 3.63) is 80.9 Å². The average Bonchev–Trinajstić information content (AvgIpc) is 2.74. The summed E-state index contributed by atoms with van der Waals surface area (Å²) in [5.74, 6) is -0.133. The van der Waals surface area contributed by atoms with Crippen LogP contribution < -0.4 is 26.8 Å². The molecule has 3 N–H and O–H groups in total. The Labute approximate surface area is 175 Å². The van der Waals surface area contributed by atoms with Gasteiger partial charge < -0.3 is 16.0 Å². The van der Waals surface area contributed by atoms with Gasteiger partial charge in [0.2, 0.25) is 5.91 Å². The summed E-state index contributed by atoms with van der Waals surface area (Å²) < 4.78 is 0. The summed E-state index contributed by atoms with van der Waals surface area (Å²) in [7, 11) is 0. The van der Waals surface area contributed by atoms with Crippen molar-refractivity contribution in [3.8, 4) is 0 Å². The van der Waals surface area contributed by atoms with Gasteiger partial charge in [0.1, 0.15) is 17.5 Å². The van der Waals surface area contributed by atoms with E-state index in [0.29, 0.717) is 18.5 Å². The van der Waals surface area contributed by atoms with E-state index in [1.54, 1.807) is 24.5 Å². The van der Waals surface area contributed by atoms with Crippen LogP contribution in [-0.2, 0) is 11.2 Å². The normalized spacial score (nSPS) is 12.4. The number of carbonyl (C=O) groups excluding carboxylic acids is 1. The van der Waals surface area contributed by atoms with Crippen molar-refractivity contribution in [1.82, 2.24) is 10.3 Å². The molecule has 7 nitrogen and oxygen atoms in total. The van der Waals surface area contributed by atoms with Gasteiger partial charge in [0.25, 0.3) is 10.9 Å². The maximum absolute atomic E-state index is 12.5. The van der Waals surface area contributed by atoms with Gasteiger partial charge in [-0.25, -0.2) is 0 Å². The fourth-order valence-corrected chi connectivity index (χ4v) is 2.98. The highest BCUT2D eigenvalue weighted by Gasteiger charge is 2.30. The lowest BCUT2D eigenvalue weighted by Gasteiger charge is -2.33. The Hall–Kier alpha value is -3.48. The molecule has 3 aromatic rings. The molecule has 0 aliphatic heterocycles. The number of hydrogen-bond acceptors (Lipinski definition) is 6. The Kier molecular flexibility index (Phi) is 6.30. The van der Waals surface area contributed by atoms with Gasteiger partial charge in [0.15, 0.2) is 0 Å². The second-order valence-corrected chi connectivity index (χ2v) is 8.27. The van der Waals surface area contributed by atoms with E-state index in [4.69, 9.17) is 0 Å². The molecule has 1 heterocycles. The highest BCUT2D eigenvalue weighted by molar-refractivity contribution is 5.80. The number of carbonyl (C=O) groups is 1. The Morgan fingerprint density at radius 3 is 2.33 bits per heavy atom. The van der Waals surface area contributed by atoms with Crippen LogP contribution in [-0.4, -0.2) is 17.1 Å². The van der Waals surface area contributed by atoms with E-state index in [2.05, 4.69) is 20.9 Å². The molecular weight excluding hydrogens is 380 g/mol. The maximum atomic E-state index is 12.5. The number of anilines is 3. The number of amides is 1. The van der Waals surface area contributed by atoms with Crippen molar-refractivity contribution in [3.63, 3.8) is 0 Å². The molecule has 0 saturated carbocycles. The van der Waals surface area contributed by atoms with Crippen LogP contribution in [0.5, 0.6) is 0 Å². The molecule has 0 aliphatic rings. The Morgan fingerprint density at radius 2 is 1.70 bits per heavy atom. The summed E-state index contributed by atoms with van der Waals surface area (Å²) in [6.45, 7) is 5.84. The summed E-state index contributed by atoms with van der Waals surface area (Å²) in [6, 6.07) is 13.3. The molecule has 2 aromatic carbocycles. The summed E-state index contributed by atoms with van der Waals surface area (Å²) in [5, 5.41) is 8.96. The number of rotatable bonds is 8. The minimum atomic E-state index is -0.603. The van der Waals surface area contributed by atoms with E-state index in [-0.39, 0.29) is 17.3 Å². The standard InChI is InChI=1S/C23H26N4O3/c1-23(2,3)22(26-17(28)12-11-15-8-5-4-6-9-15)27-19-18(20(29)21(19)30)25-16-10-7-13-24-14-16/h4-10,13-14,22,25,27H,11-12H2,1-3H3,(H,26,28). The first-order chi connectivity index (χ1) is 14.3. The van der Waals surface area contributed by atoms with Gasteiger partial charge in [-0.15, -0.1) is 0 Å². The summed E-state index contributed by atoms with van der Waals surface area (Å²) >= 11 is 0. The molecule has 7 heteroatoms. The minimum Gasteiger partial charge on any atom is -0.360 e. The summed E-state index contributed by atoms with van der Waals surface area (Å²) in [4.78, 5) is 40.8. The topological polar surface area (TPSA) is 100 Å². The van der Waals surface area contributed by atoms with Crippen molar-refractivity contribution >= 4 is 23.0 Å². The third-order valence-corrected chi connectivity index (χ3v) is 4.78. The third kappa shape index (κ3) is 5.11. The van der Waals surface area contributed by atoms with Crippen molar-refractivity contribution < 1.29 is 4.79 Å². The number of aromatic nitrogens is 1. The van der Waals surface area contributed by atoms with E-state index in [1.165, 1.54) is 0 Å². The molecule has 3 rings (SSSR count). The van der Waals surface area contributed by atoms with Gasteiger partial charge in [0, 0.05) is 18.0 Å². The molecule has 0 fully saturated rings. The number of benzene rings is 1. The molecule has 0 bridgehead atoms. The van der Waals surface area contributed by atoms with Gasteiger partial charge in [-0.05, 0) is 24.1 Å². The zero-order valence-corrected chi connectivity index (χ0v) is 17.4. The summed E-state index contributed by atoms with van der Waals surface area (Å²) in [6.07, 6.45) is 3.60. The number of aryl methyl sites for hydroxylation is 1. The highest BCUT2D eigenvalue weighted by Crippen LogP contribution is 2.25. The predicted octanol–water partition coefficient (Wildman–Crippen LogP) is 2.95. The monoisotopic (exact) mass is 406 g/mol. The molecule has 1 amide bonds. The second-order valence-electron chi connectivity index (χ2n) is 8.27. The lowest BCUT2D eigenvalue weighted by molar-refractivity contribution is -0.122. The van der Waals surface area contributed by atoms with Crippen LogP contribution in [0.3, 0.4) is 0 Å². The molecule has 156 valence electrons. The number of nitrogens with zero attached hydrogens (tertiary/aromatic N) is 1. The number of nitrogens with one attached hydrogen (secondary N) is 3. The van der Waals surface area contributed by atoms with Crippen LogP contribution in [0.4, 0.5) is 17.1 Å². The van der Waals surface area contributed by atoms with Crippen LogP contribution in [0.1, 0.15) is 32.8 Å². The van der Waals surface area contributed by atoms with E-state index in [0.717, 1.165) is 5.56 Å². The lowest BCUT2D eigenvalue weighted by Crippen LogP contribution is -2.51. The molecule has 1 unspecified atom stereocenters. The van der Waals surface area contributed by atoms with Crippen molar-refractivity contribution in [2.75, 3.05) is 10.6 Å². The van der Waals surface area contributed by atoms with Gasteiger partial charge in [-0.3, -0.25) is 19.4 Å². The van der Waals surface area contributed by atoms with E-state index in [1.807, 2.05) is 51.1 Å². The lowest BCUT2D eigenvalue weighted by atomic mass is 9.91.